The second-order valence-corrected chi connectivity index (χ2v) is 32.8. The highest BCUT2D eigenvalue weighted by atomic mass is 35.5. The molecular weight excluding hydrogens is 1410 g/mol. The fourth-order valence-corrected chi connectivity index (χ4v) is 18.5. The third kappa shape index (κ3) is 16.0. The summed E-state index contributed by atoms with van der Waals surface area (Å²) in [4.78, 5) is 59.4. The van der Waals surface area contributed by atoms with Gasteiger partial charge >= 0.3 is 12.2 Å². The molecule has 0 bridgehead atoms. The Morgan fingerprint density at radius 3 is 1.36 bits per heavy atom. The average molecular weight is 1490 g/mol. The van der Waals surface area contributed by atoms with Crippen molar-refractivity contribution in [2.75, 3.05) is 36.0 Å². The van der Waals surface area contributed by atoms with E-state index in [1.165, 1.54) is 86.0 Å². The zero-order valence-electron chi connectivity index (χ0n) is 55.4. The van der Waals surface area contributed by atoms with Crippen LogP contribution in [0.25, 0.3) is 61.3 Å². The SMILES string of the molecule is CC1C(c2cc3c(Cl)c(F)cnc3s2)CCCN1C(=O)OC(C)(C)C.CC1C(c2cc3c(Nc4cc5ncsc5cc4F)c(F)cnc3s2)CCCN1C(=O)OC(C)(C)C.CC1NCCCC1c1cc2c(Nc3cc4ncsc4cc3F)c(F)cnc2s1.Nc1cc2ncsc2cc1F. The topological polar surface area (TPSA) is 199 Å². The number of thiophene rings is 3. The van der Waals surface area contributed by atoms with E-state index < -0.39 is 40.3 Å². The zero-order chi connectivity index (χ0) is 70.4. The highest BCUT2D eigenvalue weighted by Gasteiger charge is 2.38. The predicted octanol–water partition coefficient (Wildman–Crippen LogP) is 20.8. The van der Waals surface area contributed by atoms with Crippen LogP contribution in [0.2, 0.25) is 5.02 Å². The molecule has 0 saturated carbocycles. The number of ether oxygens (including phenoxy) is 2. The first kappa shape index (κ1) is 71.3. The van der Waals surface area contributed by atoms with E-state index in [0.29, 0.717) is 57.1 Å². The summed E-state index contributed by atoms with van der Waals surface area (Å²) in [7, 11) is 0. The number of fused-ring (bicyclic) bond motifs is 6. The van der Waals surface area contributed by atoms with E-state index in [-0.39, 0.29) is 75.4 Å². The standard InChI is InChI=1S/C25H26F2N4O2S2.C20H18F2N4S2.C18H22ClFN2O2S.C7H5FN2S/c1-13-14(6-5-7-31(13)24(32)33-25(2,3)4)20-8-15-22(17(27)11-28-23(15)35-20)30-18-10-19-21(9-16(18)26)34-12-29-19;1-10-11(3-2-4-23-10)17-5-12-19(14(22)8-24-20(12)28-17)26-15-7-16-18(6-13(15)21)27-9-25-16;1-10-11(6-5-7-22(10)17(23)24-18(2,3)4)14-8-12-15(19)13(20)9-21-16(12)25-14;8-4-1-7-6(2-5(4)9)10-3-11-7/h8-14H,5-7H2,1-4H3,(H,28,30);5-11,23H,2-4H2,1H3,(H,24,26);8-11H,5-7H2,1-4H3;1-3H,9H2. The van der Waals surface area contributed by atoms with Gasteiger partial charge in [-0.2, -0.15) is 0 Å². The fraction of sp³-hybridized carbons (Fsp3) is 0.371. The minimum Gasteiger partial charge on any atom is -0.444 e. The molecule has 2 amide bonds. The lowest BCUT2D eigenvalue weighted by molar-refractivity contribution is 0.00808. The van der Waals surface area contributed by atoms with Crippen LogP contribution in [-0.4, -0.2) is 101 Å². The van der Waals surface area contributed by atoms with E-state index in [9.17, 15) is 35.9 Å². The molecule has 0 aliphatic carbocycles. The van der Waals surface area contributed by atoms with Gasteiger partial charge in [0.1, 0.15) is 43.1 Å². The summed E-state index contributed by atoms with van der Waals surface area (Å²) in [6, 6.07) is 15.1. The number of aromatic nitrogens is 6. The lowest BCUT2D eigenvalue weighted by Crippen LogP contribution is -2.47. The maximum absolute atomic E-state index is 14.9. The van der Waals surface area contributed by atoms with Crippen molar-refractivity contribution in [2.45, 2.75) is 148 Å². The smallest absolute Gasteiger partial charge is 0.410 e. The second-order valence-electron chi connectivity index (χ2n) is 26.6. The maximum atomic E-state index is 14.9. The van der Waals surface area contributed by atoms with Crippen LogP contribution in [0, 0.1) is 34.9 Å². The van der Waals surface area contributed by atoms with Gasteiger partial charge in [0.05, 0.1) is 99.2 Å². The minimum absolute atomic E-state index is 0.000264. The Hall–Kier alpha value is -7.57. The summed E-state index contributed by atoms with van der Waals surface area (Å²) >= 11 is 14.8. The first-order valence-electron chi connectivity index (χ1n) is 32.1. The Labute approximate surface area is 596 Å². The molecule has 15 rings (SSSR count). The largest absolute Gasteiger partial charge is 0.444 e. The molecule has 99 heavy (non-hydrogen) atoms. The number of nitrogens with one attached hydrogen (secondary N) is 3. The molecule has 0 radical (unpaired) electrons. The normalized spacial score (nSPS) is 19.0. The number of halogens is 7. The van der Waals surface area contributed by atoms with Crippen molar-refractivity contribution in [3.05, 3.63) is 144 Å². The van der Waals surface area contributed by atoms with Crippen LogP contribution in [0.15, 0.2) is 89.7 Å². The Morgan fingerprint density at radius 2 is 0.919 bits per heavy atom. The quantitative estimate of drug-likeness (QED) is 0.0868. The molecule has 3 saturated heterocycles. The minimum atomic E-state index is -0.569. The van der Waals surface area contributed by atoms with Crippen LogP contribution in [0.4, 0.5) is 64.4 Å². The molecule has 5 N–H and O–H groups in total. The van der Waals surface area contributed by atoms with Gasteiger partial charge in [-0.3, -0.25) is 0 Å². The molecule has 0 spiro atoms. The number of carbonyl (C=O) groups excluding carboxylic acids is 2. The lowest BCUT2D eigenvalue weighted by atomic mass is 9.89. The van der Waals surface area contributed by atoms with E-state index in [1.807, 2.05) is 73.6 Å². The molecule has 12 aromatic rings. The molecule has 6 atom stereocenters. The third-order valence-corrected chi connectivity index (χ3v) is 23.7. The first-order chi connectivity index (χ1) is 47.1. The van der Waals surface area contributed by atoms with E-state index in [0.717, 1.165) is 96.5 Å². The van der Waals surface area contributed by atoms with Gasteiger partial charge in [0.2, 0.25) is 0 Å². The number of nitrogen functional groups attached to an aromatic ring is 1. The number of benzene rings is 3. The molecule has 3 aromatic carbocycles. The van der Waals surface area contributed by atoms with Crippen LogP contribution in [0.3, 0.4) is 0 Å². The Kier molecular flexibility index (Phi) is 21.3. The average Bonchev–Trinajstić information content (AvgIpc) is 1.66. The number of nitrogens with zero attached hydrogens (tertiary/aromatic N) is 8. The molecular formula is C70H71ClF6N12O4S6. The van der Waals surface area contributed by atoms with Gasteiger partial charge in [0.25, 0.3) is 0 Å². The van der Waals surface area contributed by atoms with Crippen molar-refractivity contribution in [1.29, 1.82) is 0 Å². The number of pyridine rings is 3. The van der Waals surface area contributed by atoms with E-state index >= 15 is 0 Å². The van der Waals surface area contributed by atoms with Crippen molar-refractivity contribution in [1.82, 2.24) is 45.0 Å². The molecule has 12 heterocycles. The summed E-state index contributed by atoms with van der Waals surface area (Å²) in [5, 5.41) is 11.4. The Morgan fingerprint density at radius 1 is 0.525 bits per heavy atom. The molecule has 3 fully saturated rings. The number of anilines is 5. The van der Waals surface area contributed by atoms with Crippen LogP contribution in [-0.2, 0) is 9.47 Å². The summed E-state index contributed by atoms with van der Waals surface area (Å²) in [6.07, 6.45) is 8.73. The van der Waals surface area contributed by atoms with Crippen LogP contribution in [0.5, 0.6) is 0 Å². The Bertz CT molecular complexity index is 4920. The van der Waals surface area contributed by atoms with E-state index in [4.69, 9.17) is 26.8 Å². The van der Waals surface area contributed by atoms with E-state index in [1.54, 1.807) is 55.9 Å². The lowest BCUT2D eigenvalue weighted by Gasteiger charge is -2.39. The van der Waals surface area contributed by atoms with Gasteiger partial charge in [-0.15, -0.1) is 68.0 Å². The van der Waals surface area contributed by atoms with Gasteiger partial charge in [0.15, 0.2) is 17.5 Å². The number of likely N-dealkylation sites (tertiary alicyclic amines) is 2. The molecule has 3 aliphatic heterocycles. The van der Waals surface area contributed by atoms with Gasteiger partial charge < -0.3 is 41.0 Å². The summed E-state index contributed by atoms with van der Waals surface area (Å²) in [5.41, 5.74) is 12.3. The summed E-state index contributed by atoms with van der Waals surface area (Å²) < 4.78 is 98.7. The number of hydrogen-bond acceptors (Lipinski definition) is 20. The van der Waals surface area contributed by atoms with E-state index in [2.05, 4.69) is 52.8 Å². The predicted molar refractivity (Wildman–Crippen MR) is 392 cm³/mol. The van der Waals surface area contributed by atoms with Crippen molar-refractivity contribution >= 4 is 182 Å². The molecule has 520 valence electrons. The number of rotatable bonds is 7. The molecule has 6 unspecified atom stereocenters. The summed E-state index contributed by atoms with van der Waals surface area (Å²) in [6.45, 7) is 19.7. The number of hydrogen-bond donors (Lipinski definition) is 4. The molecule has 29 heteroatoms. The van der Waals surface area contributed by atoms with Gasteiger partial charge in [0, 0.05) is 79.8 Å². The first-order valence-corrected chi connectivity index (χ1v) is 37.6. The van der Waals surface area contributed by atoms with Crippen molar-refractivity contribution in [3.63, 3.8) is 0 Å². The van der Waals surface area contributed by atoms with Gasteiger partial charge in [-0.1, -0.05) is 11.6 Å². The monoisotopic (exact) mass is 1480 g/mol. The second kappa shape index (κ2) is 29.6. The van der Waals surface area contributed by atoms with Crippen molar-refractivity contribution < 1.29 is 45.4 Å². The molecule has 3 aliphatic rings. The third-order valence-electron chi connectivity index (χ3n) is 17.4. The molecule has 16 nitrogen and oxygen atoms in total. The number of amides is 2. The highest BCUT2D eigenvalue weighted by Crippen LogP contribution is 2.45. The summed E-state index contributed by atoms with van der Waals surface area (Å²) in [5.74, 6) is -2.23. The van der Waals surface area contributed by atoms with Crippen LogP contribution < -0.4 is 21.7 Å². The van der Waals surface area contributed by atoms with Gasteiger partial charge in [-0.25, -0.2) is 65.8 Å². The molecule has 9 aromatic heterocycles. The van der Waals surface area contributed by atoms with Gasteiger partial charge in [-0.05, 0) is 162 Å². The zero-order valence-corrected chi connectivity index (χ0v) is 61.0. The van der Waals surface area contributed by atoms with Crippen LogP contribution >= 0.6 is 79.6 Å². The number of carbonyl (C=O) groups is 2. The fourth-order valence-electron chi connectivity index (χ4n) is 12.5. The van der Waals surface area contributed by atoms with Crippen LogP contribution in [0.1, 0.15) is 133 Å². The van der Waals surface area contributed by atoms with Crippen molar-refractivity contribution in [2.24, 2.45) is 0 Å². The maximum Gasteiger partial charge on any atom is 0.410 e. The number of piperidine rings is 3. The number of nitrogens with two attached hydrogens (primary N) is 1. The van der Waals surface area contributed by atoms with Crippen molar-refractivity contribution in [3.8, 4) is 0 Å². The highest BCUT2D eigenvalue weighted by molar-refractivity contribution is 7.20. The number of thiazole rings is 3. The Balaban J connectivity index is 0.000000132.